The van der Waals surface area contributed by atoms with Crippen LogP contribution in [0.4, 0.5) is 0 Å². The van der Waals surface area contributed by atoms with E-state index in [2.05, 4.69) is 10.1 Å². The third kappa shape index (κ3) is 3.63. The topological polar surface area (TPSA) is 64.8 Å². The molecule has 2 aromatic heterocycles. The molecule has 7 heteroatoms. The monoisotopic (exact) mass is 327 g/mol. The Morgan fingerprint density at radius 1 is 1.24 bits per heavy atom. The highest BCUT2D eigenvalue weighted by molar-refractivity contribution is 8.13. The first kappa shape index (κ1) is 16.0. The van der Waals surface area contributed by atoms with Crippen LogP contribution in [-0.2, 0) is 34.9 Å². The van der Waals surface area contributed by atoms with Gasteiger partial charge in [-0.15, -0.1) is 0 Å². The lowest BCUT2D eigenvalue weighted by atomic mass is 10.2. The molecule has 0 aliphatic carbocycles. The lowest BCUT2D eigenvalue weighted by Crippen LogP contribution is -2.09. The van der Waals surface area contributed by atoms with Crippen molar-refractivity contribution in [1.82, 2.24) is 14.8 Å². The van der Waals surface area contributed by atoms with Gasteiger partial charge in [-0.05, 0) is 25.0 Å². The Labute approximate surface area is 129 Å². The molecular weight excluding hydrogens is 310 g/mol. The van der Waals surface area contributed by atoms with E-state index in [0.29, 0.717) is 37.2 Å². The molecule has 0 saturated carbocycles. The van der Waals surface area contributed by atoms with Crippen LogP contribution in [0, 0.1) is 0 Å². The second-order valence-electron chi connectivity index (χ2n) is 4.66. The number of nitrogens with zero attached hydrogens (tertiary/aromatic N) is 3. The van der Waals surface area contributed by atoms with E-state index in [9.17, 15) is 8.42 Å². The van der Waals surface area contributed by atoms with Gasteiger partial charge in [-0.1, -0.05) is 19.9 Å². The summed E-state index contributed by atoms with van der Waals surface area (Å²) in [6.07, 6.45) is 3.53. The second-order valence-corrected chi connectivity index (χ2v) is 7.16. The Balaban J connectivity index is 2.34. The molecule has 0 atom stereocenters. The van der Waals surface area contributed by atoms with Gasteiger partial charge in [0.25, 0.3) is 9.05 Å². The zero-order valence-corrected chi connectivity index (χ0v) is 13.7. The van der Waals surface area contributed by atoms with E-state index in [-0.39, 0.29) is 4.90 Å². The average Bonchev–Trinajstić information content (AvgIpc) is 2.84. The van der Waals surface area contributed by atoms with Gasteiger partial charge in [0.1, 0.15) is 4.90 Å². The zero-order chi connectivity index (χ0) is 15.5. The van der Waals surface area contributed by atoms with E-state index in [1.165, 1.54) is 0 Å². The van der Waals surface area contributed by atoms with Crippen LogP contribution < -0.4 is 0 Å². The minimum absolute atomic E-state index is 0.176. The van der Waals surface area contributed by atoms with E-state index in [1.54, 1.807) is 10.9 Å². The first-order chi connectivity index (χ1) is 9.97. The van der Waals surface area contributed by atoms with Crippen LogP contribution in [0.25, 0.3) is 0 Å². The minimum Gasteiger partial charge on any atom is -0.268 e. The highest BCUT2D eigenvalue weighted by atomic mass is 35.7. The van der Waals surface area contributed by atoms with Crippen LogP contribution in [0.15, 0.2) is 29.3 Å². The molecule has 0 fully saturated rings. The molecule has 0 aromatic carbocycles. The van der Waals surface area contributed by atoms with Crippen LogP contribution in [0.1, 0.15) is 30.9 Å². The third-order valence-corrected chi connectivity index (χ3v) is 4.72. The highest BCUT2D eigenvalue weighted by Gasteiger charge is 2.25. The lowest BCUT2D eigenvalue weighted by molar-refractivity contribution is 0.573. The first-order valence-electron chi connectivity index (χ1n) is 6.90. The standard InChI is InChI=1S/C14H18ClN3O2S/c1-3-12-14(21(15,19)20)13(4-2)18(17-12)10-8-11-7-5-6-9-16-11/h5-7,9H,3-4,8,10H2,1-2H3. The van der Waals surface area contributed by atoms with Gasteiger partial charge in [-0.25, -0.2) is 8.42 Å². The summed E-state index contributed by atoms with van der Waals surface area (Å²) in [5.41, 5.74) is 2.14. The van der Waals surface area contributed by atoms with Crippen molar-refractivity contribution in [3.05, 3.63) is 41.5 Å². The van der Waals surface area contributed by atoms with Crippen molar-refractivity contribution < 1.29 is 8.42 Å². The Hall–Kier alpha value is -1.40. The maximum absolute atomic E-state index is 11.8. The molecule has 21 heavy (non-hydrogen) atoms. The largest absolute Gasteiger partial charge is 0.268 e. The van der Waals surface area contributed by atoms with Gasteiger partial charge in [0.2, 0.25) is 0 Å². The molecule has 2 aromatic rings. The maximum Gasteiger partial charge on any atom is 0.264 e. The molecule has 5 nitrogen and oxygen atoms in total. The number of aryl methyl sites for hydroxylation is 3. The quantitative estimate of drug-likeness (QED) is 0.765. The normalized spacial score (nSPS) is 11.8. The van der Waals surface area contributed by atoms with Crippen molar-refractivity contribution in [3.63, 3.8) is 0 Å². The van der Waals surface area contributed by atoms with Crippen molar-refractivity contribution in [2.24, 2.45) is 0 Å². The maximum atomic E-state index is 11.8. The van der Waals surface area contributed by atoms with Gasteiger partial charge in [0.15, 0.2) is 0 Å². The van der Waals surface area contributed by atoms with Crippen LogP contribution in [-0.4, -0.2) is 23.2 Å². The fourth-order valence-corrected chi connectivity index (χ4v) is 3.87. The summed E-state index contributed by atoms with van der Waals surface area (Å²) in [4.78, 5) is 4.44. The first-order valence-corrected chi connectivity index (χ1v) is 9.21. The number of hydrogen-bond acceptors (Lipinski definition) is 4. The fourth-order valence-electron chi connectivity index (χ4n) is 2.34. The van der Waals surface area contributed by atoms with E-state index < -0.39 is 9.05 Å². The predicted molar refractivity (Wildman–Crippen MR) is 82.0 cm³/mol. The second kappa shape index (κ2) is 6.58. The minimum atomic E-state index is -3.78. The Morgan fingerprint density at radius 2 is 2.00 bits per heavy atom. The van der Waals surface area contributed by atoms with Gasteiger partial charge in [0.05, 0.1) is 11.4 Å². The summed E-state index contributed by atoms with van der Waals surface area (Å²) in [5, 5.41) is 4.41. The van der Waals surface area contributed by atoms with Crippen LogP contribution in [0.3, 0.4) is 0 Å². The van der Waals surface area contributed by atoms with E-state index in [4.69, 9.17) is 10.7 Å². The third-order valence-electron chi connectivity index (χ3n) is 3.30. The Morgan fingerprint density at radius 3 is 2.52 bits per heavy atom. The van der Waals surface area contributed by atoms with Gasteiger partial charge in [-0.2, -0.15) is 5.10 Å². The Bertz CT molecular complexity index is 711. The molecule has 0 aliphatic rings. The van der Waals surface area contributed by atoms with Crippen molar-refractivity contribution in [2.45, 2.75) is 44.6 Å². The van der Waals surface area contributed by atoms with Gasteiger partial charge >= 0.3 is 0 Å². The summed E-state index contributed by atoms with van der Waals surface area (Å²) in [6.45, 7) is 4.36. The smallest absolute Gasteiger partial charge is 0.264 e. The molecule has 114 valence electrons. The van der Waals surface area contributed by atoms with Crippen molar-refractivity contribution in [2.75, 3.05) is 0 Å². The zero-order valence-electron chi connectivity index (χ0n) is 12.1. The number of pyridine rings is 1. The molecule has 0 aliphatic heterocycles. The molecule has 0 unspecified atom stereocenters. The van der Waals surface area contributed by atoms with Crippen LogP contribution in [0.5, 0.6) is 0 Å². The number of halogens is 1. The van der Waals surface area contributed by atoms with Crippen molar-refractivity contribution in [3.8, 4) is 0 Å². The molecule has 2 rings (SSSR count). The highest BCUT2D eigenvalue weighted by Crippen LogP contribution is 2.25. The van der Waals surface area contributed by atoms with E-state index in [1.807, 2.05) is 32.0 Å². The fraction of sp³-hybridized carbons (Fsp3) is 0.429. The summed E-state index contributed by atoms with van der Waals surface area (Å²) in [7, 11) is 1.79. The van der Waals surface area contributed by atoms with Crippen molar-refractivity contribution >= 4 is 19.7 Å². The molecule has 0 radical (unpaired) electrons. The average molecular weight is 328 g/mol. The Kier molecular flexibility index (Phi) is 5.00. The predicted octanol–water partition coefficient (Wildman–Crippen LogP) is 2.57. The van der Waals surface area contributed by atoms with Crippen LogP contribution >= 0.6 is 10.7 Å². The number of rotatable bonds is 6. The molecule has 0 amide bonds. The van der Waals surface area contributed by atoms with Gasteiger partial charge in [0, 0.05) is 35.5 Å². The van der Waals surface area contributed by atoms with Crippen molar-refractivity contribution in [1.29, 1.82) is 0 Å². The van der Waals surface area contributed by atoms with Gasteiger partial charge in [-0.3, -0.25) is 9.67 Å². The summed E-state index contributed by atoms with van der Waals surface area (Å²) < 4.78 is 25.3. The summed E-state index contributed by atoms with van der Waals surface area (Å²) >= 11 is 0. The molecule has 0 bridgehead atoms. The lowest BCUT2D eigenvalue weighted by Gasteiger charge is -2.06. The van der Waals surface area contributed by atoms with E-state index >= 15 is 0 Å². The molecule has 0 N–H and O–H groups in total. The summed E-state index contributed by atoms with van der Waals surface area (Å²) in [5.74, 6) is 0. The molecule has 0 spiro atoms. The summed E-state index contributed by atoms with van der Waals surface area (Å²) in [6, 6.07) is 5.73. The molecule has 0 saturated heterocycles. The molecule has 2 heterocycles. The number of hydrogen-bond donors (Lipinski definition) is 0. The van der Waals surface area contributed by atoms with Crippen LogP contribution in [0.2, 0.25) is 0 Å². The number of aromatic nitrogens is 3. The molecular formula is C14H18ClN3O2S. The van der Waals surface area contributed by atoms with E-state index in [0.717, 1.165) is 5.69 Å². The van der Waals surface area contributed by atoms with Gasteiger partial charge < -0.3 is 0 Å². The SMILES string of the molecule is CCc1nn(CCc2ccccn2)c(CC)c1S(=O)(=O)Cl.